The third-order valence-corrected chi connectivity index (χ3v) is 4.61. The largest absolute Gasteiger partial charge is 0.416 e. The highest BCUT2D eigenvalue weighted by molar-refractivity contribution is 5.86. The van der Waals surface area contributed by atoms with Crippen molar-refractivity contribution < 1.29 is 18.0 Å². The van der Waals surface area contributed by atoms with Gasteiger partial charge >= 0.3 is 6.18 Å². The molecule has 3 aromatic rings. The fraction of sp³-hybridized carbons (Fsp3) is 0.227. The summed E-state index contributed by atoms with van der Waals surface area (Å²) in [5.74, 6) is -0.271. The molecule has 3 rings (SSSR count). The highest BCUT2D eigenvalue weighted by Gasteiger charge is 2.32. The zero-order chi connectivity index (χ0) is 19.4. The number of fused-ring (bicyclic) bond motifs is 1. The Morgan fingerprint density at radius 2 is 1.63 bits per heavy atom. The highest BCUT2D eigenvalue weighted by atomic mass is 19.4. The maximum Gasteiger partial charge on any atom is 0.416 e. The van der Waals surface area contributed by atoms with Crippen molar-refractivity contribution in [1.82, 2.24) is 5.32 Å². The number of amides is 1. The molecule has 0 heterocycles. The van der Waals surface area contributed by atoms with Crippen LogP contribution in [-0.4, -0.2) is 5.91 Å². The molecule has 0 aliphatic rings. The Labute approximate surface area is 156 Å². The Morgan fingerprint density at radius 1 is 0.963 bits per heavy atom. The molecule has 1 amide bonds. The van der Waals surface area contributed by atoms with Gasteiger partial charge in [-0.1, -0.05) is 60.7 Å². The third-order valence-electron chi connectivity index (χ3n) is 4.61. The summed E-state index contributed by atoms with van der Waals surface area (Å²) in [5.41, 5.74) is 0.440. The number of hydrogen-bond donors (Lipinski definition) is 1. The van der Waals surface area contributed by atoms with Crippen LogP contribution < -0.4 is 5.32 Å². The average Bonchev–Trinajstić information content (AvgIpc) is 2.65. The number of halogens is 3. The van der Waals surface area contributed by atoms with Gasteiger partial charge in [-0.3, -0.25) is 4.79 Å². The molecular formula is C22H20F3NO. The van der Waals surface area contributed by atoms with Gasteiger partial charge in [0.2, 0.25) is 5.91 Å². The van der Waals surface area contributed by atoms with Crippen molar-refractivity contribution in [3.63, 3.8) is 0 Å². The Balaban J connectivity index is 1.68. The van der Waals surface area contributed by atoms with E-state index in [1.165, 1.54) is 12.1 Å². The number of benzene rings is 3. The lowest BCUT2D eigenvalue weighted by molar-refractivity contribution is -0.138. The van der Waals surface area contributed by atoms with Crippen LogP contribution in [-0.2, 0) is 17.4 Å². The molecule has 0 aromatic heterocycles. The molecule has 2 nitrogen and oxygen atoms in total. The molecule has 1 atom stereocenters. The molecule has 27 heavy (non-hydrogen) atoms. The summed E-state index contributed by atoms with van der Waals surface area (Å²) >= 11 is 0. The predicted octanol–water partition coefficient (Wildman–Crippen LogP) is 5.67. The smallest absolute Gasteiger partial charge is 0.350 e. The molecular weight excluding hydrogens is 351 g/mol. The summed E-state index contributed by atoms with van der Waals surface area (Å²) in [5, 5.41) is 5.03. The van der Waals surface area contributed by atoms with Crippen molar-refractivity contribution >= 4 is 16.7 Å². The molecule has 0 saturated heterocycles. The third kappa shape index (κ3) is 4.48. The molecule has 1 N–H and O–H groups in total. The van der Waals surface area contributed by atoms with Gasteiger partial charge < -0.3 is 5.32 Å². The Morgan fingerprint density at radius 3 is 2.41 bits per heavy atom. The minimum absolute atomic E-state index is 0.00218. The molecule has 0 spiro atoms. The highest BCUT2D eigenvalue weighted by Crippen LogP contribution is 2.32. The van der Waals surface area contributed by atoms with E-state index in [-0.39, 0.29) is 30.4 Å². The number of carbonyl (C=O) groups excluding carboxylic acids is 1. The topological polar surface area (TPSA) is 29.1 Å². The Hall–Kier alpha value is -2.82. The summed E-state index contributed by atoms with van der Waals surface area (Å²) in [6.45, 7) is 1.88. The molecule has 0 radical (unpaired) electrons. The fourth-order valence-corrected chi connectivity index (χ4v) is 3.28. The first-order valence-corrected chi connectivity index (χ1v) is 8.78. The van der Waals surface area contributed by atoms with Crippen LogP contribution in [0.1, 0.15) is 36.1 Å². The molecule has 0 fully saturated rings. The van der Waals surface area contributed by atoms with Crippen LogP contribution in [0.4, 0.5) is 13.2 Å². The Kier molecular flexibility index (Phi) is 5.49. The second-order valence-electron chi connectivity index (χ2n) is 6.51. The molecule has 0 unspecified atom stereocenters. The number of aryl methyl sites for hydroxylation is 1. The number of carbonyl (C=O) groups is 1. The second kappa shape index (κ2) is 7.82. The van der Waals surface area contributed by atoms with Crippen LogP contribution in [0.5, 0.6) is 0 Å². The SMILES string of the molecule is C[C@H](NC(=O)CCc1ccccc1C(F)(F)F)c1cccc2ccccc12. The van der Waals surface area contributed by atoms with Gasteiger partial charge in [-0.25, -0.2) is 0 Å². The number of nitrogens with one attached hydrogen (secondary N) is 1. The standard InChI is InChI=1S/C22H20F3NO/c1-15(18-11-6-9-16-7-2-4-10-19(16)18)26-21(27)14-13-17-8-3-5-12-20(17)22(23,24)25/h2-12,15H,13-14H2,1H3,(H,26,27)/t15-/m0/s1. The van der Waals surface area contributed by atoms with E-state index in [2.05, 4.69) is 5.32 Å². The zero-order valence-corrected chi connectivity index (χ0v) is 14.9. The quantitative estimate of drug-likeness (QED) is 0.615. The monoisotopic (exact) mass is 371 g/mol. The van der Waals surface area contributed by atoms with Gasteiger partial charge in [0.1, 0.15) is 0 Å². The molecule has 140 valence electrons. The first-order valence-electron chi connectivity index (χ1n) is 8.78. The molecule has 0 bridgehead atoms. The lowest BCUT2D eigenvalue weighted by Gasteiger charge is -2.17. The van der Waals surface area contributed by atoms with Gasteiger partial charge in [0.25, 0.3) is 0 Å². The molecule has 0 aliphatic carbocycles. The van der Waals surface area contributed by atoms with Crippen LogP contribution in [0.15, 0.2) is 66.7 Å². The minimum Gasteiger partial charge on any atom is -0.350 e. The summed E-state index contributed by atoms with van der Waals surface area (Å²) in [6.07, 6.45) is -4.37. The number of rotatable bonds is 5. The summed E-state index contributed by atoms with van der Waals surface area (Å²) in [6, 6.07) is 18.9. The zero-order valence-electron chi connectivity index (χ0n) is 14.9. The van der Waals surface area contributed by atoms with Gasteiger partial charge in [-0.05, 0) is 41.3 Å². The van der Waals surface area contributed by atoms with Crippen LogP contribution in [0.25, 0.3) is 10.8 Å². The summed E-state index contributed by atoms with van der Waals surface area (Å²) < 4.78 is 39.2. The van der Waals surface area contributed by atoms with Crippen LogP contribution >= 0.6 is 0 Å². The van der Waals surface area contributed by atoms with E-state index in [1.807, 2.05) is 49.4 Å². The first kappa shape index (κ1) is 19.0. The van der Waals surface area contributed by atoms with E-state index in [0.29, 0.717) is 0 Å². The van der Waals surface area contributed by atoms with Crippen molar-refractivity contribution in [2.75, 3.05) is 0 Å². The maximum atomic E-state index is 13.1. The van der Waals surface area contributed by atoms with Crippen molar-refractivity contribution in [3.8, 4) is 0 Å². The van der Waals surface area contributed by atoms with E-state index in [1.54, 1.807) is 6.07 Å². The molecule has 0 aliphatic heterocycles. The van der Waals surface area contributed by atoms with Crippen LogP contribution in [0, 0.1) is 0 Å². The van der Waals surface area contributed by atoms with Crippen molar-refractivity contribution in [2.24, 2.45) is 0 Å². The van der Waals surface area contributed by atoms with Crippen molar-refractivity contribution in [2.45, 2.75) is 32.0 Å². The van der Waals surface area contributed by atoms with Crippen molar-refractivity contribution in [1.29, 1.82) is 0 Å². The van der Waals surface area contributed by atoms with E-state index in [4.69, 9.17) is 0 Å². The minimum atomic E-state index is -4.41. The van der Waals surface area contributed by atoms with E-state index < -0.39 is 11.7 Å². The van der Waals surface area contributed by atoms with E-state index in [9.17, 15) is 18.0 Å². The van der Waals surface area contributed by atoms with Gasteiger partial charge in [0, 0.05) is 6.42 Å². The van der Waals surface area contributed by atoms with Gasteiger partial charge in [-0.15, -0.1) is 0 Å². The predicted molar refractivity (Wildman–Crippen MR) is 100 cm³/mol. The fourth-order valence-electron chi connectivity index (χ4n) is 3.28. The van der Waals surface area contributed by atoms with E-state index >= 15 is 0 Å². The maximum absolute atomic E-state index is 13.1. The molecule has 5 heteroatoms. The lowest BCUT2D eigenvalue weighted by Crippen LogP contribution is -2.27. The van der Waals surface area contributed by atoms with Gasteiger partial charge in [-0.2, -0.15) is 13.2 Å². The van der Waals surface area contributed by atoms with Gasteiger partial charge in [0.15, 0.2) is 0 Å². The van der Waals surface area contributed by atoms with Crippen LogP contribution in [0.3, 0.4) is 0 Å². The average molecular weight is 371 g/mol. The summed E-state index contributed by atoms with van der Waals surface area (Å²) in [7, 11) is 0. The lowest BCUT2D eigenvalue weighted by atomic mass is 9.99. The normalized spacial score (nSPS) is 12.7. The van der Waals surface area contributed by atoms with Gasteiger partial charge in [0.05, 0.1) is 11.6 Å². The van der Waals surface area contributed by atoms with Crippen molar-refractivity contribution in [3.05, 3.63) is 83.4 Å². The molecule has 3 aromatic carbocycles. The number of alkyl halides is 3. The Bertz CT molecular complexity index is 944. The van der Waals surface area contributed by atoms with E-state index in [0.717, 1.165) is 22.4 Å². The first-order chi connectivity index (χ1) is 12.9. The second-order valence-corrected chi connectivity index (χ2v) is 6.51. The summed E-state index contributed by atoms with van der Waals surface area (Å²) in [4.78, 5) is 12.3. The number of hydrogen-bond acceptors (Lipinski definition) is 1. The molecule has 0 saturated carbocycles. The van der Waals surface area contributed by atoms with Crippen LogP contribution in [0.2, 0.25) is 0 Å².